The molecule has 1 saturated carbocycles. The van der Waals surface area contributed by atoms with Crippen molar-refractivity contribution in [2.45, 2.75) is 18.9 Å². The van der Waals surface area contributed by atoms with Gasteiger partial charge in [0, 0.05) is 12.1 Å². The summed E-state index contributed by atoms with van der Waals surface area (Å²) < 4.78 is 0. The summed E-state index contributed by atoms with van der Waals surface area (Å²) in [5.74, 6) is 0.268. The van der Waals surface area contributed by atoms with Gasteiger partial charge in [-0.15, -0.1) is 0 Å². The first-order valence-electron chi connectivity index (χ1n) is 6.70. The number of carbonyl (C=O) groups excluding carboxylic acids is 1. The molecule has 0 spiro atoms. The molecule has 1 aliphatic carbocycles. The number of hydrogen-bond donors (Lipinski definition) is 2. The molecule has 0 bridgehead atoms. The van der Waals surface area contributed by atoms with E-state index in [4.69, 9.17) is 0 Å². The zero-order valence-corrected chi connectivity index (χ0v) is 10.7. The largest absolute Gasteiger partial charge is 0.391 e. The van der Waals surface area contributed by atoms with Crippen molar-refractivity contribution in [1.29, 1.82) is 0 Å². The molecule has 0 aromatic heterocycles. The molecule has 2 N–H and O–H groups in total. The smallest absolute Gasteiger partial charge is 0.252 e. The highest BCUT2D eigenvalue weighted by Crippen LogP contribution is 2.32. The highest BCUT2D eigenvalue weighted by atomic mass is 16.3. The van der Waals surface area contributed by atoms with Crippen LogP contribution in [0.3, 0.4) is 0 Å². The van der Waals surface area contributed by atoms with Crippen molar-refractivity contribution in [3.63, 3.8) is 0 Å². The Hall–Kier alpha value is -1.87. The zero-order valence-electron chi connectivity index (χ0n) is 10.7. The van der Waals surface area contributed by atoms with Gasteiger partial charge in [0.25, 0.3) is 5.91 Å². The topological polar surface area (TPSA) is 49.3 Å². The van der Waals surface area contributed by atoms with E-state index in [2.05, 4.69) is 5.32 Å². The van der Waals surface area contributed by atoms with Gasteiger partial charge in [-0.3, -0.25) is 4.79 Å². The van der Waals surface area contributed by atoms with Gasteiger partial charge in [-0.2, -0.15) is 0 Å². The number of benzene rings is 2. The first kappa shape index (κ1) is 12.2. The summed E-state index contributed by atoms with van der Waals surface area (Å²) in [6, 6.07) is 13.5. The first-order valence-corrected chi connectivity index (χ1v) is 6.70. The Morgan fingerprint density at radius 3 is 2.74 bits per heavy atom. The number of amides is 1. The van der Waals surface area contributed by atoms with Gasteiger partial charge in [0.1, 0.15) is 0 Å². The second kappa shape index (κ2) is 5.02. The third-order valence-corrected chi connectivity index (χ3v) is 3.67. The number of aliphatic hydroxyl groups is 1. The number of nitrogens with one attached hydrogen (secondary N) is 1. The molecule has 3 heteroatoms. The molecule has 1 unspecified atom stereocenters. The van der Waals surface area contributed by atoms with Crippen LogP contribution < -0.4 is 5.32 Å². The molecule has 1 atom stereocenters. The summed E-state index contributed by atoms with van der Waals surface area (Å²) in [5, 5.41) is 14.6. The predicted octanol–water partition coefficient (Wildman–Crippen LogP) is 2.34. The van der Waals surface area contributed by atoms with E-state index in [1.807, 2.05) is 42.5 Å². The lowest BCUT2D eigenvalue weighted by Crippen LogP contribution is -2.33. The Morgan fingerprint density at radius 1 is 1.21 bits per heavy atom. The predicted molar refractivity (Wildman–Crippen MR) is 75.0 cm³/mol. The minimum atomic E-state index is -0.404. The molecular weight excluding hydrogens is 238 g/mol. The average molecular weight is 255 g/mol. The molecular formula is C16H17NO2. The summed E-state index contributed by atoms with van der Waals surface area (Å²) in [5.41, 5.74) is 0.668. The van der Waals surface area contributed by atoms with E-state index in [0.29, 0.717) is 18.0 Å². The third-order valence-electron chi connectivity index (χ3n) is 3.67. The van der Waals surface area contributed by atoms with Crippen molar-refractivity contribution in [3.05, 3.63) is 48.0 Å². The summed E-state index contributed by atoms with van der Waals surface area (Å²) in [6.45, 7) is 0.340. The Morgan fingerprint density at radius 2 is 1.95 bits per heavy atom. The summed E-state index contributed by atoms with van der Waals surface area (Å²) in [4.78, 5) is 12.2. The summed E-state index contributed by atoms with van der Waals surface area (Å²) >= 11 is 0. The molecule has 0 saturated heterocycles. The van der Waals surface area contributed by atoms with Gasteiger partial charge in [0.05, 0.1) is 6.10 Å². The maximum Gasteiger partial charge on any atom is 0.252 e. The minimum absolute atomic E-state index is 0.114. The molecule has 1 aliphatic rings. The molecule has 0 radical (unpaired) electrons. The number of hydrogen-bond acceptors (Lipinski definition) is 2. The van der Waals surface area contributed by atoms with Gasteiger partial charge in [-0.05, 0) is 35.6 Å². The first-order chi connectivity index (χ1) is 9.25. The number of carbonyl (C=O) groups is 1. The van der Waals surface area contributed by atoms with Crippen molar-refractivity contribution in [2.24, 2.45) is 5.92 Å². The Labute approximate surface area is 112 Å². The van der Waals surface area contributed by atoms with E-state index in [-0.39, 0.29) is 5.91 Å². The van der Waals surface area contributed by atoms with Crippen molar-refractivity contribution in [2.75, 3.05) is 6.54 Å². The van der Waals surface area contributed by atoms with Crippen molar-refractivity contribution in [1.82, 2.24) is 5.32 Å². The molecule has 1 fully saturated rings. The van der Waals surface area contributed by atoms with Crippen LogP contribution in [-0.2, 0) is 0 Å². The van der Waals surface area contributed by atoms with Crippen molar-refractivity contribution >= 4 is 16.7 Å². The zero-order chi connectivity index (χ0) is 13.2. The molecule has 1 amide bonds. The van der Waals surface area contributed by atoms with Crippen LogP contribution in [-0.4, -0.2) is 23.7 Å². The average Bonchev–Trinajstić information content (AvgIpc) is 3.28. The molecule has 2 aromatic rings. The van der Waals surface area contributed by atoms with Gasteiger partial charge < -0.3 is 10.4 Å². The van der Waals surface area contributed by atoms with Gasteiger partial charge in [0.2, 0.25) is 0 Å². The highest BCUT2D eigenvalue weighted by molar-refractivity contribution is 6.06. The van der Waals surface area contributed by atoms with E-state index in [1.165, 1.54) is 0 Å². The van der Waals surface area contributed by atoms with Crippen LogP contribution >= 0.6 is 0 Å². The SMILES string of the molecule is O=C(NCC(O)C1CC1)c1cccc2ccccc12. The van der Waals surface area contributed by atoms with Gasteiger partial charge >= 0.3 is 0 Å². The van der Waals surface area contributed by atoms with Crippen LogP contribution in [0, 0.1) is 5.92 Å². The van der Waals surface area contributed by atoms with Gasteiger partial charge in [-0.1, -0.05) is 36.4 Å². The molecule has 3 nitrogen and oxygen atoms in total. The van der Waals surface area contributed by atoms with E-state index < -0.39 is 6.10 Å². The third kappa shape index (κ3) is 2.61. The Kier molecular flexibility index (Phi) is 3.22. The number of aliphatic hydroxyl groups excluding tert-OH is 1. The van der Waals surface area contributed by atoms with Crippen LogP contribution in [0.2, 0.25) is 0 Å². The monoisotopic (exact) mass is 255 g/mol. The number of fused-ring (bicyclic) bond motifs is 1. The lowest BCUT2D eigenvalue weighted by molar-refractivity contribution is 0.0903. The fraction of sp³-hybridized carbons (Fsp3) is 0.312. The highest BCUT2D eigenvalue weighted by Gasteiger charge is 2.29. The van der Waals surface area contributed by atoms with Crippen LogP contribution in [0.4, 0.5) is 0 Å². The molecule has 98 valence electrons. The van der Waals surface area contributed by atoms with E-state index in [9.17, 15) is 9.90 Å². The molecule has 3 rings (SSSR count). The van der Waals surface area contributed by atoms with Gasteiger partial charge in [-0.25, -0.2) is 0 Å². The molecule has 0 aliphatic heterocycles. The normalized spacial score (nSPS) is 16.3. The fourth-order valence-corrected chi connectivity index (χ4v) is 2.36. The van der Waals surface area contributed by atoms with E-state index in [1.54, 1.807) is 0 Å². The molecule has 0 heterocycles. The minimum Gasteiger partial charge on any atom is -0.391 e. The van der Waals surface area contributed by atoms with E-state index >= 15 is 0 Å². The number of rotatable bonds is 4. The summed E-state index contributed by atoms with van der Waals surface area (Å²) in [7, 11) is 0. The second-order valence-electron chi connectivity index (χ2n) is 5.14. The second-order valence-corrected chi connectivity index (χ2v) is 5.14. The fourth-order valence-electron chi connectivity index (χ4n) is 2.36. The molecule has 2 aromatic carbocycles. The quantitative estimate of drug-likeness (QED) is 0.881. The van der Waals surface area contributed by atoms with Crippen LogP contribution in [0.1, 0.15) is 23.2 Å². The molecule has 19 heavy (non-hydrogen) atoms. The van der Waals surface area contributed by atoms with Crippen LogP contribution in [0.15, 0.2) is 42.5 Å². The maximum atomic E-state index is 12.2. The lowest BCUT2D eigenvalue weighted by atomic mass is 10.0. The van der Waals surface area contributed by atoms with Crippen LogP contribution in [0.25, 0.3) is 10.8 Å². The lowest BCUT2D eigenvalue weighted by Gasteiger charge is -2.11. The summed E-state index contributed by atoms with van der Waals surface area (Å²) in [6.07, 6.45) is 1.75. The van der Waals surface area contributed by atoms with Crippen molar-refractivity contribution < 1.29 is 9.90 Å². The maximum absolute atomic E-state index is 12.2. The van der Waals surface area contributed by atoms with Crippen molar-refractivity contribution in [3.8, 4) is 0 Å². The standard InChI is InChI=1S/C16H17NO2/c18-15(12-8-9-12)10-17-16(19)14-7-3-5-11-4-1-2-6-13(11)14/h1-7,12,15,18H,8-10H2,(H,17,19). The van der Waals surface area contributed by atoms with E-state index in [0.717, 1.165) is 23.6 Å². The Bertz CT molecular complexity index is 599. The van der Waals surface area contributed by atoms with Gasteiger partial charge in [0.15, 0.2) is 0 Å². The Balaban J connectivity index is 1.77. The van der Waals surface area contributed by atoms with Crippen LogP contribution in [0.5, 0.6) is 0 Å².